The first-order chi connectivity index (χ1) is 12.6. The maximum Gasteiger partial charge on any atom is 0.407 e. The number of fused-ring (bicyclic) bond motifs is 3. The number of alkyl carbamates (subject to hydrolysis) is 1. The highest BCUT2D eigenvalue weighted by molar-refractivity contribution is 5.79. The summed E-state index contributed by atoms with van der Waals surface area (Å²) in [4.78, 5) is 23.2. The van der Waals surface area contributed by atoms with Crippen molar-refractivity contribution in [2.24, 2.45) is 5.92 Å². The zero-order valence-corrected chi connectivity index (χ0v) is 14.8. The molecule has 1 atom stereocenters. The summed E-state index contributed by atoms with van der Waals surface area (Å²) in [7, 11) is 0. The fraction of sp³-hybridized carbons (Fsp3) is 0.333. The number of ether oxygens (including phenoxy) is 1. The Hall–Kier alpha value is -2.82. The molecule has 5 nitrogen and oxygen atoms in total. The highest BCUT2D eigenvalue weighted by atomic mass is 16.5. The van der Waals surface area contributed by atoms with Crippen LogP contribution in [-0.2, 0) is 9.53 Å². The first-order valence-electron chi connectivity index (χ1n) is 8.93. The fourth-order valence-corrected chi connectivity index (χ4v) is 3.52. The molecule has 0 saturated carbocycles. The molecule has 26 heavy (non-hydrogen) atoms. The maximum atomic E-state index is 12.0. The monoisotopic (exact) mass is 353 g/mol. The van der Waals surface area contributed by atoms with Gasteiger partial charge in [-0.2, -0.15) is 0 Å². The minimum absolute atomic E-state index is 0.000868. The predicted octanol–water partition coefficient (Wildman–Crippen LogP) is 4.03. The van der Waals surface area contributed by atoms with Crippen molar-refractivity contribution in [2.45, 2.75) is 25.7 Å². The largest absolute Gasteiger partial charge is 0.481 e. The summed E-state index contributed by atoms with van der Waals surface area (Å²) in [5.74, 6) is -1.48. The minimum Gasteiger partial charge on any atom is -0.481 e. The number of carbonyl (C=O) groups is 2. The van der Waals surface area contributed by atoms with Crippen molar-refractivity contribution in [3.8, 4) is 11.1 Å². The van der Waals surface area contributed by atoms with Gasteiger partial charge in [0.1, 0.15) is 6.61 Å². The first kappa shape index (κ1) is 18.0. The molecule has 136 valence electrons. The van der Waals surface area contributed by atoms with Crippen LogP contribution in [0.25, 0.3) is 11.1 Å². The molecule has 2 N–H and O–H groups in total. The SMILES string of the molecule is CCC[C@@H](CNC(=O)OCC1c2ccccc2-c2ccccc21)C(=O)O. The molecule has 1 aliphatic rings. The lowest BCUT2D eigenvalue weighted by Gasteiger charge is -2.16. The molecule has 1 aliphatic carbocycles. The van der Waals surface area contributed by atoms with E-state index < -0.39 is 18.0 Å². The molecule has 1 amide bonds. The molecular weight excluding hydrogens is 330 g/mol. The van der Waals surface area contributed by atoms with Gasteiger partial charge in [0.25, 0.3) is 0 Å². The minimum atomic E-state index is -0.897. The van der Waals surface area contributed by atoms with Gasteiger partial charge in [0.2, 0.25) is 0 Å². The van der Waals surface area contributed by atoms with E-state index in [4.69, 9.17) is 9.84 Å². The van der Waals surface area contributed by atoms with Crippen molar-refractivity contribution in [3.63, 3.8) is 0 Å². The number of benzene rings is 2. The molecule has 0 unspecified atom stereocenters. The van der Waals surface area contributed by atoms with Crippen LogP contribution >= 0.6 is 0 Å². The number of carbonyl (C=O) groups excluding carboxylic acids is 1. The zero-order chi connectivity index (χ0) is 18.5. The molecule has 0 radical (unpaired) electrons. The van der Waals surface area contributed by atoms with Crippen LogP contribution in [0.15, 0.2) is 48.5 Å². The van der Waals surface area contributed by atoms with Gasteiger partial charge in [0.05, 0.1) is 5.92 Å². The van der Waals surface area contributed by atoms with E-state index in [9.17, 15) is 9.59 Å². The normalized spacial score (nSPS) is 13.6. The van der Waals surface area contributed by atoms with Crippen LogP contribution in [0, 0.1) is 5.92 Å². The number of carboxylic acid groups (broad SMARTS) is 1. The van der Waals surface area contributed by atoms with Gasteiger partial charge in [-0.05, 0) is 28.7 Å². The summed E-state index contributed by atoms with van der Waals surface area (Å²) in [6, 6.07) is 16.3. The van der Waals surface area contributed by atoms with E-state index in [1.807, 2.05) is 31.2 Å². The molecule has 3 rings (SSSR count). The van der Waals surface area contributed by atoms with Crippen LogP contribution in [-0.4, -0.2) is 30.3 Å². The molecule has 0 heterocycles. The highest BCUT2D eigenvalue weighted by Crippen LogP contribution is 2.44. The number of hydrogen-bond acceptors (Lipinski definition) is 3. The topological polar surface area (TPSA) is 75.6 Å². The average molecular weight is 353 g/mol. The molecule has 0 spiro atoms. The van der Waals surface area contributed by atoms with E-state index in [1.165, 1.54) is 11.1 Å². The number of hydrogen-bond donors (Lipinski definition) is 2. The van der Waals surface area contributed by atoms with Gasteiger partial charge in [-0.1, -0.05) is 61.9 Å². The number of aliphatic carboxylic acids is 1. The fourth-order valence-electron chi connectivity index (χ4n) is 3.52. The number of rotatable bonds is 7. The van der Waals surface area contributed by atoms with E-state index in [0.717, 1.165) is 17.5 Å². The Morgan fingerprint density at radius 3 is 2.19 bits per heavy atom. The van der Waals surface area contributed by atoms with Crippen molar-refractivity contribution in [2.75, 3.05) is 13.2 Å². The molecule has 2 aromatic rings. The van der Waals surface area contributed by atoms with E-state index in [2.05, 4.69) is 29.6 Å². The predicted molar refractivity (Wildman–Crippen MR) is 99.1 cm³/mol. The van der Waals surface area contributed by atoms with Crippen molar-refractivity contribution in [1.29, 1.82) is 0 Å². The van der Waals surface area contributed by atoms with Gasteiger partial charge in [-0.3, -0.25) is 4.79 Å². The Bertz CT molecular complexity index is 757. The van der Waals surface area contributed by atoms with Crippen molar-refractivity contribution in [1.82, 2.24) is 5.32 Å². The third kappa shape index (κ3) is 3.72. The summed E-state index contributed by atoms with van der Waals surface area (Å²) in [5, 5.41) is 11.7. The Morgan fingerprint density at radius 2 is 1.65 bits per heavy atom. The molecule has 0 fully saturated rings. The molecular formula is C21H23NO4. The molecule has 0 saturated heterocycles. The van der Waals surface area contributed by atoms with Gasteiger partial charge in [0.15, 0.2) is 0 Å². The number of amides is 1. The van der Waals surface area contributed by atoms with Gasteiger partial charge < -0.3 is 15.2 Å². The van der Waals surface area contributed by atoms with Crippen LogP contribution < -0.4 is 5.32 Å². The number of nitrogens with one attached hydrogen (secondary N) is 1. The second-order valence-electron chi connectivity index (χ2n) is 6.53. The molecule has 0 aromatic heterocycles. The third-order valence-electron chi connectivity index (χ3n) is 4.82. The molecule has 0 bridgehead atoms. The van der Waals surface area contributed by atoms with E-state index >= 15 is 0 Å². The lowest BCUT2D eigenvalue weighted by atomic mass is 9.98. The third-order valence-corrected chi connectivity index (χ3v) is 4.82. The van der Waals surface area contributed by atoms with E-state index in [-0.39, 0.29) is 19.1 Å². The van der Waals surface area contributed by atoms with Crippen molar-refractivity contribution >= 4 is 12.1 Å². The molecule has 2 aromatic carbocycles. The zero-order valence-electron chi connectivity index (χ0n) is 14.8. The highest BCUT2D eigenvalue weighted by Gasteiger charge is 2.29. The Kier molecular flexibility index (Phi) is 5.56. The van der Waals surface area contributed by atoms with Crippen LogP contribution in [0.3, 0.4) is 0 Å². The van der Waals surface area contributed by atoms with Gasteiger partial charge >= 0.3 is 12.1 Å². The van der Waals surface area contributed by atoms with Gasteiger partial charge in [-0.25, -0.2) is 4.79 Å². The summed E-state index contributed by atoms with van der Waals surface area (Å²) >= 11 is 0. The van der Waals surface area contributed by atoms with Crippen LogP contribution in [0.5, 0.6) is 0 Å². The van der Waals surface area contributed by atoms with E-state index in [1.54, 1.807) is 0 Å². The van der Waals surface area contributed by atoms with Crippen molar-refractivity contribution < 1.29 is 19.4 Å². The molecule has 5 heteroatoms. The molecule has 0 aliphatic heterocycles. The lowest BCUT2D eigenvalue weighted by Crippen LogP contribution is -2.34. The van der Waals surface area contributed by atoms with Crippen LogP contribution in [0.1, 0.15) is 36.8 Å². The Labute approximate surface area is 153 Å². The van der Waals surface area contributed by atoms with E-state index in [0.29, 0.717) is 6.42 Å². The van der Waals surface area contributed by atoms with Crippen LogP contribution in [0.4, 0.5) is 4.79 Å². The lowest BCUT2D eigenvalue weighted by molar-refractivity contribution is -0.141. The van der Waals surface area contributed by atoms with Gasteiger partial charge in [-0.15, -0.1) is 0 Å². The standard InChI is InChI=1S/C21H23NO4/c1-2-7-14(20(23)24)12-22-21(25)26-13-19-17-10-5-3-8-15(17)16-9-4-6-11-18(16)19/h3-6,8-11,14,19H,2,7,12-13H2,1H3,(H,22,25)(H,23,24)/t14-/m0/s1. The van der Waals surface area contributed by atoms with Gasteiger partial charge in [0, 0.05) is 12.5 Å². The Balaban J connectivity index is 1.63. The smallest absolute Gasteiger partial charge is 0.407 e. The Morgan fingerprint density at radius 1 is 1.08 bits per heavy atom. The second-order valence-corrected chi connectivity index (χ2v) is 6.53. The average Bonchev–Trinajstić information content (AvgIpc) is 2.97. The summed E-state index contributed by atoms with van der Waals surface area (Å²) < 4.78 is 5.40. The maximum absolute atomic E-state index is 12.0. The van der Waals surface area contributed by atoms with Crippen molar-refractivity contribution in [3.05, 3.63) is 59.7 Å². The summed E-state index contributed by atoms with van der Waals surface area (Å²) in [5.41, 5.74) is 4.64. The number of carboxylic acids is 1. The summed E-state index contributed by atoms with van der Waals surface area (Å²) in [6.45, 7) is 2.23. The summed E-state index contributed by atoms with van der Waals surface area (Å²) in [6.07, 6.45) is 0.705. The quantitative estimate of drug-likeness (QED) is 0.788. The first-order valence-corrected chi connectivity index (χ1v) is 8.93. The second kappa shape index (κ2) is 8.04. The van der Waals surface area contributed by atoms with Crippen LogP contribution in [0.2, 0.25) is 0 Å².